The van der Waals surface area contributed by atoms with Gasteiger partial charge in [-0.15, -0.1) is 0 Å². The van der Waals surface area contributed by atoms with E-state index in [1.807, 2.05) is 0 Å². The maximum absolute atomic E-state index is 10.2. The van der Waals surface area contributed by atoms with E-state index in [2.05, 4.69) is 5.32 Å². The molecule has 1 aliphatic heterocycles. The number of aliphatic hydroxyl groups is 1. The van der Waals surface area contributed by atoms with Crippen molar-refractivity contribution < 1.29 is 14.6 Å². The quantitative estimate of drug-likeness (QED) is 0.328. The van der Waals surface area contributed by atoms with E-state index in [0.29, 0.717) is 33.9 Å². The molecule has 0 bridgehead atoms. The summed E-state index contributed by atoms with van der Waals surface area (Å²) in [6.45, 7) is 3.88. The fourth-order valence-electron chi connectivity index (χ4n) is 3.15. The molecular weight excluding hydrogens is 387 g/mol. The van der Waals surface area contributed by atoms with Crippen molar-refractivity contribution in [2.45, 2.75) is 57.2 Å². The molecule has 0 saturated carbocycles. The Hall–Kier alpha value is -0.560. The third-order valence-electron chi connectivity index (χ3n) is 4.82. The zero-order chi connectivity index (χ0) is 19.5. The molecule has 2 atom stereocenters. The second kappa shape index (κ2) is 12.8. The number of rotatable bonds is 13. The molecule has 7 heteroatoms. The number of nitrogens with two attached hydrogens (primary N) is 1. The largest absolute Gasteiger partial charge is 0.396 e. The number of benzene rings is 1. The minimum atomic E-state index is -0.655. The minimum Gasteiger partial charge on any atom is -0.396 e. The number of aliphatic hydroxyl groups excluding tert-OH is 1. The lowest BCUT2D eigenvalue weighted by Gasteiger charge is -2.14. The van der Waals surface area contributed by atoms with Crippen LogP contribution in [0.3, 0.4) is 0 Å². The van der Waals surface area contributed by atoms with Crippen molar-refractivity contribution in [3.63, 3.8) is 0 Å². The lowest BCUT2D eigenvalue weighted by Crippen LogP contribution is -2.22. The van der Waals surface area contributed by atoms with Crippen LogP contribution < -0.4 is 11.1 Å². The maximum atomic E-state index is 10.2. The summed E-state index contributed by atoms with van der Waals surface area (Å²) in [5.41, 5.74) is 6.73. The summed E-state index contributed by atoms with van der Waals surface area (Å²) >= 11 is 12.0. The van der Waals surface area contributed by atoms with Crippen LogP contribution in [-0.2, 0) is 9.47 Å². The van der Waals surface area contributed by atoms with Gasteiger partial charge in [-0.1, -0.05) is 36.0 Å². The maximum Gasteiger partial charge on any atom is 0.0915 e. The van der Waals surface area contributed by atoms with Gasteiger partial charge in [-0.3, -0.25) is 0 Å². The van der Waals surface area contributed by atoms with Crippen molar-refractivity contribution >= 4 is 28.9 Å². The van der Waals surface area contributed by atoms with Gasteiger partial charge >= 0.3 is 0 Å². The van der Waals surface area contributed by atoms with Crippen LogP contribution in [0.2, 0.25) is 10.0 Å². The topological polar surface area (TPSA) is 76.7 Å². The summed E-state index contributed by atoms with van der Waals surface area (Å²) in [4.78, 5) is 0. The molecule has 0 aromatic heterocycles. The molecule has 2 rings (SSSR count). The number of halogens is 2. The van der Waals surface area contributed by atoms with E-state index in [9.17, 15) is 5.11 Å². The molecule has 2 unspecified atom stereocenters. The van der Waals surface area contributed by atoms with E-state index in [4.69, 9.17) is 38.4 Å². The van der Waals surface area contributed by atoms with Crippen LogP contribution in [0, 0.1) is 0 Å². The van der Waals surface area contributed by atoms with Gasteiger partial charge in [0, 0.05) is 26.4 Å². The average molecular weight is 419 g/mol. The van der Waals surface area contributed by atoms with Gasteiger partial charge in [0.1, 0.15) is 0 Å². The molecule has 1 fully saturated rings. The van der Waals surface area contributed by atoms with Crippen molar-refractivity contribution in [3.05, 3.63) is 27.7 Å². The molecule has 5 nitrogen and oxygen atoms in total. The van der Waals surface area contributed by atoms with E-state index in [-0.39, 0.29) is 0 Å². The highest BCUT2D eigenvalue weighted by atomic mass is 35.5. The van der Waals surface area contributed by atoms with Gasteiger partial charge in [0.25, 0.3) is 0 Å². The summed E-state index contributed by atoms with van der Waals surface area (Å²) < 4.78 is 11.2. The van der Waals surface area contributed by atoms with Crippen LogP contribution in [0.1, 0.15) is 56.6 Å². The molecular formula is C20H32Cl2N2O3. The molecule has 0 spiro atoms. The Morgan fingerprint density at radius 2 is 1.93 bits per heavy atom. The Labute approximate surface area is 172 Å². The van der Waals surface area contributed by atoms with Gasteiger partial charge in [-0.2, -0.15) is 0 Å². The standard InChI is InChI=1S/C20H32Cl2N2O3/c21-17-12-15(13-18(22)20(17)23)19(25)14-24-8-3-1-2-4-9-26-11-7-16-6-5-10-27-16/h12-13,16,19,24-25H,1-11,14,23H2. The van der Waals surface area contributed by atoms with Gasteiger partial charge in [-0.25, -0.2) is 0 Å². The molecule has 154 valence electrons. The van der Waals surface area contributed by atoms with Crippen molar-refractivity contribution in [3.8, 4) is 0 Å². The summed E-state index contributed by atoms with van der Waals surface area (Å²) in [5.74, 6) is 0. The Balaban J connectivity index is 1.43. The molecule has 1 aromatic rings. The minimum absolute atomic E-state index is 0.345. The molecule has 1 aliphatic rings. The number of hydrogen-bond acceptors (Lipinski definition) is 5. The normalized spacial score (nSPS) is 18.1. The van der Waals surface area contributed by atoms with Gasteiger partial charge in [-0.05, 0) is 56.3 Å². The number of ether oxygens (including phenoxy) is 2. The third-order valence-corrected chi connectivity index (χ3v) is 5.45. The van der Waals surface area contributed by atoms with E-state index in [1.165, 1.54) is 12.8 Å². The zero-order valence-corrected chi connectivity index (χ0v) is 17.4. The van der Waals surface area contributed by atoms with Crippen LogP contribution in [0.25, 0.3) is 0 Å². The van der Waals surface area contributed by atoms with E-state index in [0.717, 1.165) is 58.5 Å². The van der Waals surface area contributed by atoms with Crippen molar-refractivity contribution in [2.75, 3.05) is 38.6 Å². The number of unbranched alkanes of at least 4 members (excludes halogenated alkanes) is 3. The molecule has 4 N–H and O–H groups in total. The van der Waals surface area contributed by atoms with E-state index in [1.54, 1.807) is 12.1 Å². The first kappa shape index (κ1) is 22.7. The van der Waals surface area contributed by atoms with Crippen molar-refractivity contribution in [1.29, 1.82) is 0 Å². The van der Waals surface area contributed by atoms with Crippen molar-refractivity contribution in [2.24, 2.45) is 0 Å². The fraction of sp³-hybridized carbons (Fsp3) is 0.700. The highest BCUT2D eigenvalue weighted by Gasteiger charge is 2.14. The summed E-state index contributed by atoms with van der Waals surface area (Å²) in [6, 6.07) is 3.32. The third kappa shape index (κ3) is 8.55. The summed E-state index contributed by atoms with van der Waals surface area (Å²) in [6.07, 6.45) is 7.65. The van der Waals surface area contributed by atoms with Gasteiger partial charge < -0.3 is 25.6 Å². The van der Waals surface area contributed by atoms with Gasteiger partial charge in [0.2, 0.25) is 0 Å². The average Bonchev–Trinajstić information content (AvgIpc) is 3.17. The Bertz CT molecular complexity index is 531. The second-order valence-electron chi connectivity index (χ2n) is 7.07. The Morgan fingerprint density at radius 1 is 1.19 bits per heavy atom. The van der Waals surface area contributed by atoms with E-state index >= 15 is 0 Å². The zero-order valence-electron chi connectivity index (χ0n) is 15.9. The molecule has 0 amide bonds. The first-order valence-corrected chi connectivity index (χ1v) is 10.7. The molecule has 1 saturated heterocycles. The lowest BCUT2D eigenvalue weighted by atomic mass is 10.1. The lowest BCUT2D eigenvalue weighted by molar-refractivity contribution is 0.0582. The smallest absolute Gasteiger partial charge is 0.0915 e. The number of nitrogens with one attached hydrogen (secondary N) is 1. The SMILES string of the molecule is Nc1c(Cl)cc(C(O)CNCCCCCCOCCC2CCCO2)cc1Cl. The van der Waals surface area contributed by atoms with Crippen LogP contribution >= 0.6 is 23.2 Å². The highest BCUT2D eigenvalue weighted by molar-refractivity contribution is 6.38. The molecule has 1 aromatic carbocycles. The number of hydrogen-bond donors (Lipinski definition) is 3. The van der Waals surface area contributed by atoms with Crippen LogP contribution in [-0.4, -0.2) is 44.1 Å². The van der Waals surface area contributed by atoms with Gasteiger partial charge in [0.15, 0.2) is 0 Å². The summed E-state index contributed by atoms with van der Waals surface area (Å²) in [7, 11) is 0. The van der Waals surface area contributed by atoms with Crippen molar-refractivity contribution in [1.82, 2.24) is 5.32 Å². The first-order chi connectivity index (χ1) is 13.1. The Kier molecular flexibility index (Phi) is 10.8. The molecule has 1 heterocycles. The number of nitrogen functional groups attached to an aromatic ring is 1. The van der Waals surface area contributed by atoms with Crippen LogP contribution in [0.15, 0.2) is 12.1 Å². The molecule has 0 aliphatic carbocycles. The predicted octanol–water partition coefficient (Wildman–Crippen LogP) is 4.34. The monoisotopic (exact) mass is 418 g/mol. The molecule has 0 radical (unpaired) electrons. The van der Waals surface area contributed by atoms with E-state index < -0.39 is 6.10 Å². The molecule has 27 heavy (non-hydrogen) atoms. The Morgan fingerprint density at radius 3 is 2.63 bits per heavy atom. The van der Waals surface area contributed by atoms with Gasteiger partial charge in [0.05, 0.1) is 27.9 Å². The fourth-order valence-corrected chi connectivity index (χ4v) is 3.65. The van der Waals surface area contributed by atoms with Crippen LogP contribution in [0.4, 0.5) is 5.69 Å². The first-order valence-electron chi connectivity index (χ1n) is 9.90. The summed E-state index contributed by atoms with van der Waals surface area (Å²) in [5, 5.41) is 14.2. The highest BCUT2D eigenvalue weighted by Crippen LogP contribution is 2.31. The van der Waals surface area contributed by atoms with Crippen LogP contribution in [0.5, 0.6) is 0 Å². The second-order valence-corrected chi connectivity index (χ2v) is 7.88. The number of anilines is 1. The predicted molar refractivity (Wildman–Crippen MR) is 112 cm³/mol.